The molecule has 3 aromatic rings. The van der Waals surface area contributed by atoms with Gasteiger partial charge in [0.2, 0.25) is 5.91 Å². The van der Waals surface area contributed by atoms with Gasteiger partial charge in [0.1, 0.15) is 0 Å². The number of carbonyl (C=O) groups excluding carboxylic acids is 2. The van der Waals surface area contributed by atoms with E-state index >= 15 is 0 Å². The smallest absolute Gasteiger partial charge is 0.255 e. The number of rotatable bonds is 6. The zero-order valence-electron chi connectivity index (χ0n) is 16.4. The second kappa shape index (κ2) is 10.0. The van der Waals surface area contributed by atoms with E-state index in [1.165, 1.54) is 11.8 Å². The highest BCUT2D eigenvalue weighted by Gasteiger charge is 2.15. The maximum Gasteiger partial charge on any atom is 0.255 e. The molecule has 0 saturated heterocycles. The Hall–Kier alpha value is -2.47. The fraction of sp³-hybridized carbons (Fsp3) is 0.130. The first-order valence-corrected chi connectivity index (χ1v) is 10.9. The number of thioether (sulfide) groups is 1. The van der Waals surface area contributed by atoms with Crippen molar-refractivity contribution in [3.05, 3.63) is 87.9 Å². The van der Waals surface area contributed by atoms with E-state index < -0.39 is 0 Å². The molecule has 2 amide bonds. The molecule has 3 rings (SSSR count). The minimum Gasteiger partial charge on any atom is -0.325 e. The maximum atomic E-state index is 12.5. The lowest BCUT2D eigenvalue weighted by Gasteiger charge is -2.13. The molecule has 0 aliphatic rings. The van der Waals surface area contributed by atoms with E-state index in [2.05, 4.69) is 10.6 Å². The lowest BCUT2D eigenvalue weighted by molar-refractivity contribution is -0.115. The minimum absolute atomic E-state index is 0.157. The van der Waals surface area contributed by atoms with Crippen molar-refractivity contribution in [1.29, 1.82) is 0 Å². The molecule has 0 heterocycles. The van der Waals surface area contributed by atoms with Crippen molar-refractivity contribution in [2.75, 3.05) is 10.6 Å². The molecular formula is C23H20Cl2N2O2S. The molecule has 154 valence electrons. The molecule has 0 aliphatic heterocycles. The third kappa shape index (κ3) is 6.26. The van der Waals surface area contributed by atoms with Crippen LogP contribution < -0.4 is 10.6 Å². The Morgan fingerprint density at radius 2 is 1.43 bits per heavy atom. The van der Waals surface area contributed by atoms with Crippen LogP contribution in [0.1, 0.15) is 22.8 Å². The number of carbonyl (C=O) groups is 2. The van der Waals surface area contributed by atoms with Gasteiger partial charge in [-0.3, -0.25) is 9.59 Å². The van der Waals surface area contributed by atoms with Crippen molar-refractivity contribution in [2.45, 2.75) is 24.0 Å². The molecule has 1 atom stereocenters. The molecular weight excluding hydrogens is 439 g/mol. The molecule has 0 aromatic heterocycles. The van der Waals surface area contributed by atoms with Crippen molar-refractivity contribution in [3.63, 3.8) is 0 Å². The predicted octanol–water partition coefficient (Wildman–Crippen LogP) is 6.67. The highest BCUT2D eigenvalue weighted by Crippen LogP contribution is 2.27. The first-order chi connectivity index (χ1) is 14.3. The summed E-state index contributed by atoms with van der Waals surface area (Å²) in [6.07, 6.45) is 0. The minimum atomic E-state index is -0.337. The van der Waals surface area contributed by atoms with Crippen molar-refractivity contribution < 1.29 is 9.59 Å². The fourth-order valence-corrected chi connectivity index (χ4v) is 4.05. The summed E-state index contributed by atoms with van der Waals surface area (Å²) >= 11 is 13.4. The van der Waals surface area contributed by atoms with E-state index in [1.54, 1.807) is 30.3 Å². The first kappa shape index (κ1) is 22.2. The predicted molar refractivity (Wildman–Crippen MR) is 126 cm³/mol. The summed E-state index contributed by atoms with van der Waals surface area (Å²) in [5, 5.41) is 6.27. The Balaban J connectivity index is 1.57. The summed E-state index contributed by atoms with van der Waals surface area (Å²) in [5.74, 6) is -0.321. The van der Waals surface area contributed by atoms with Crippen LogP contribution in [0.5, 0.6) is 0 Å². The zero-order chi connectivity index (χ0) is 21.7. The van der Waals surface area contributed by atoms with Crippen LogP contribution in [0.2, 0.25) is 10.0 Å². The van der Waals surface area contributed by atoms with E-state index in [-0.39, 0.29) is 17.1 Å². The number of anilines is 2. The topological polar surface area (TPSA) is 58.2 Å². The van der Waals surface area contributed by atoms with Crippen LogP contribution in [0, 0.1) is 6.92 Å². The Kier molecular flexibility index (Phi) is 7.43. The molecule has 2 N–H and O–H groups in total. The van der Waals surface area contributed by atoms with E-state index in [9.17, 15) is 9.59 Å². The van der Waals surface area contributed by atoms with Crippen molar-refractivity contribution >= 4 is 58.2 Å². The van der Waals surface area contributed by atoms with Gasteiger partial charge in [-0.25, -0.2) is 0 Å². The third-order valence-electron chi connectivity index (χ3n) is 4.24. The van der Waals surface area contributed by atoms with Crippen LogP contribution in [0.15, 0.2) is 71.6 Å². The zero-order valence-corrected chi connectivity index (χ0v) is 18.7. The molecule has 3 aromatic carbocycles. The van der Waals surface area contributed by atoms with Gasteiger partial charge in [-0.2, -0.15) is 0 Å². The number of halogens is 2. The summed E-state index contributed by atoms with van der Waals surface area (Å²) < 4.78 is 0. The number of aryl methyl sites for hydroxylation is 1. The summed E-state index contributed by atoms with van der Waals surface area (Å²) in [6.45, 7) is 3.79. The molecule has 7 heteroatoms. The second-order valence-corrected chi connectivity index (χ2v) is 9.04. The lowest BCUT2D eigenvalue weighted by atomic mass is 10.1. The molecule has 30 heavy (non-hydrogen) atoms. The van der Waals surface area contributed by atoms with Gasteiger partial charge in [-0.05, 0) is 68.4 Å². The second-order valence-electron chi connectivity index (χ2n) is 6.75. The van der Waals surface area contributed by atoms with E-state index in [4.69, 9.17) is 23.2 Å². The molecule has 0 radical (unpaired) electrons. The van der Waals surface area contributed by atoms with Gasteiger partial charge in [0.05, 0.1) is 5.25 Å². The fourth-order valence-electron chi connectivity index (χ4n) is 2.65. The largest absolute Gasteiger partial charge is 0.325 e. The average molecular weight is 459 g/mol. The van der Waals surface area contributed by atoms with Gasteiger partial charge in [0.25, 0.3) is 5.91 Å². The van der Waals surface area contributed by atoms with E-state index in [0.717, 1.165) is 10.5 Å². The van der Waals surface area contributed by atoms with Crippen molar-refractivity contribution in [1.82, 2.24) is 0 Å². The van der Waals surface area contributed by atoms with Crippen LogP contribution in [0.25, 0.3) is 0 Å². The highest BCUT2D eigenvalue weighted by molar-refractivity contribution is 8.00. The molecule has 4 nitrogen and oxygen atoms in total. The van der Waals surface area contributed by atoms with Gasteiger partial charge in [0, 0.05) is 31.9 Å². The Bertz CT molecular complexity index is 1030. The van der Waals surface area contributed by atoms with Crippen molar-refractivity contribution in [2.24, 2.45) is 0 Å². The third-order valence-corrected chi connectivity index (χ3v) is 5.79. The SMILES string of the molecule is Cc1ccc(C(=O)Nc2ccc(SC(C)C(=O)Nc3cc(Cl)cc(Cl)c3)cc2)cc1. The Morgan fingerprint density at radius 1 is 0.833 bits per heavy atom. The van der Waals surface area contributed by atoms with Crippen molar-refractivity contribution in [3.8, 4) is 0 Å². The molecule has 0 bridgehead atoms. The van der Waals surface area contributed by atoms with Gasteiger partial charge in [-0.1, -0.05) is 40.9 Å². The van der Waals surface area contributed by atoms with Crippen LogP contribution in [-0.2, 0) is 4.79 Å². The summed E-state index contributed by atoms with van der Waals surface area (Å²) in [4.78, 5) is 25.7. The van der Waals surface area contributed by atoms with Crippen LogP contribution >= 0.6 is 35.0 Å². The van der Waals surface area contributed by atoms with E-state index in [1.807, 2.05) is 50.2 Å². The van der Waals surface area contributed by atoms with Crippen LogP contribution in [0.3, 0.4) is 0 Å². The summed E-state index contributed by atoms with van der Waals surface area (Å²) in [6, 6.07) is 19.7. The summed E-state index contributed by atoms with van der Waals surface area (Å²) in [7, 11) is 0. The van der Waals surface area contributed by atoms with Gasteiger partial charge in [0.15, 0.2) is 0 Å². The lowest BCUT2D eigenvalue weighted by Crippen LogP contribution is -2.22. The number of hydrogen-bond donors (Lipinski definition) is 2. The molecule has 0 saturated carbocycles. The molecule has 1 unspecified atom stereocenters. The number of benzene rings is 3. The standard InChI is InChI=1S/C23H20Cl2N2O2S/c1-14-3-5-16(6-4-14)23(29)26-19-7-9-21(10-8-19)30-15(2)22(28)27-20-12-17(24)11-18(25)13-20/h3-13,15H,1-2H3,(H,26,29)(H,27,28). The van der Waals surface area contributed by atoms with Gasteiger partial charge < -0.3 is 10.6 Å². The monoisotopic (exact) mass is 458 g/mol. The van der Waals surface area contributed by atoms with Gasteiger partial charge in [-0.15, -0.1) is 11.8 Å². The number of amides is 2. The quantitative estimate of drug-likeness (QED) is 0.405. The Labute approximate surface area is 190 Å². The number of hydrogen-bond acceptors (Lipinski definition) is 3. The first-order valence-electron chi connectivity index (χ1n) is 9.22. The maximum absolute atomic E-state index is 12.5. The molecule has 0 fully saturated rings. The van der Waals surface area contributed by atoms with Gasteiger partial charge >= 0.3 is 0 Å². The highest BCUT2D eigenvalue weighted by atomic mass is 35.5. The Morgan fingerprint density at radius 3 is 2.03 bits per heavy atom. The van der Waals surface area contributed by atoms with Crippen LogP contribution in [0.4, 0.5) is 11.4 Å². The van der Waals surface area contributed by atoms with E-state index in [0.29, 0.717) is 27.0 Å². The summed E-state index contributed by atoms with van der Waals surface area (Å²) in [5.41, 5.74) is 2.95. The molecule has 0 spiro atoms. The number of nitrogens with one attached hydrogen (secondary N) is 2. The average Bonchev–Trinajstić information content (AvgIpc) is 2.69. The van der Waals surface area contributed by atoms with Crippen LogP contribution in [-0.4, -0.2) is 17.1 Å². The normalized spacial score (nSPS) is 11.6. The molecule has 0 aliphatic carbocycles.